The summed E-state index contributed by atoms with van der Waals surface area (Å²) in [7, 11) is 0. The highest BCUT2D eigenvalue weighted by Gasteiger charge is 2.08. The Balaban J connectivity index is 2.52. The van der Waals surface area contributed by atoms with Gasteiger partial charge in [-0.3, -0.25) is 0 Å². The maximum Gasteiger partial charge on any atom is 0.316 e. The van der Waals surface area contributed by atoms with Crippen LogP contribution >= 0.6 is 0 Å². The Labute approximate surface area is 98.7 Å². The first-order valence-corrected chi connectivity index (χ1v) is 5.12. The van der Waals surface area contributed by atoms with E-state index in [1.807, 2.05) is 12.1 Å². The number of primary amides is 1. The quantitative estimate of drug-likeness (QED) is 0.738. The molecule has 0 fully saturated rings. The molecule has 0 spiro atoms. The lowest BCUT2D eigenvalue weighted by molar-refractivity contribution is 0.259. The summed E-state index contributed by atoms with van der Waals surface area (Å²) in [5.74, 6) is 0.159. The molecular weight excluding hydrogens is 216 g/mol. The Morgan fingerprint density at radius 2 is 1.59 bits per heavy atom. The number of carbonyl (C=O) groups excluding carboxylic acids is 1. The van der Waals surface area contributed by atoms with Gasteiger partial charge in [0.05, 0.1) is 5.69 Å². The third kappa shape index (κ3) is 2.36. The highest BCUT2D eigenvalue weighted by Crippen LogP contribution is 2.33. The third-order valence-electron chi connectivity index (χ3n) is 2.38. The monoisotopic (exact) mass is 228 g/mol. The van der Waals surface area contributed by atoms with E-state index in [1.165, 1.54) is 0 Å². The fourth-order valence-electron chi connectivity index (χ4n) is 1.66. The van der Waals surface area contributed by atoms with Gasteiger partial charge in [-0.15, -0.1) is 0 Å². The molecule has 0 aliphatic heterocycles. The maximum absolute atomic E-state index is 10.9. The van der Waals surface area contributed by atoms with Crippen molar-refractivity contribution in [1.29, 1.82) is 0 Å². The zero-order chi connectivity index (χ0) is 12.3. The highest BCUT2D eigenvalue weighted by molar-refractivity contribution is 5.94. The number of phenols is 1. The van der Waals surface area contributed by atoms with Crippen LogP contribution in [-0.4, -0.2) is 11.1 Å². The van der Waals surface area contributed by atoms with Crippen LogP contribution in [0.4, 0.5) is 10.5 Å². The number of hydrogen-bond acceptors (Lipinski definition) is 2. The van der Waals surface area contributed by atoms with Crippen LogP contribution in [0.2, 0.25) is 0 Å². The molecule has 2 aromatic rings. The van der Waals surface area contributed by atoms with Crippen molar-refractivity contribution in [2.24, 2.45) is 5.73 Å². The van der Waals surface area contributed by atoms with Crippen LogP contribution in [-0.2, 0) is 0 Å². The SMILES string of the molecule is NC(=O)Nc1ccccc1-c1ccccc1O. The van der Waals surface area contributed by atoms with Crippen LogP contribution in [0.3, 0.4) is 0 Å². The molecule has 2 amide bonds. The van der Waals surface area contributed by atoms with E-state index in [9.17, 15) is 9.90 Å². The zero-order valence-corrected chi connectivity index (χ0v) is 9.05. The lowest BCUT2D eigenvalue weighted by Crippen LogP contribution is -2.19. The Morgan fingerprint density at radius 3 is 2.24 bits per heavy atom. The summed E-state index contributed by atoms with van der Waals surface area (Å²) in [6.07, 6.45) is 0. The number of rotatable bonds is 2. The molecule has 0 bridgehead atoms. The van der Waals surface area contributed by atoms with Crippen LogP contribution < -0.4 is 11.1 Å². The van der Waals surface area contributed by atoms with Crippen molar-refractivity contribution in [2.75, 3.05) is 5.32 Å². The summed E-state index contributed by atoms with van der Waals surface area (Å²) < 4.78 is 0. The Bertz CT molecular complexity index is 553. The standard InChI is InChI=1S/C13H12N2O2/c14-13(17)15-11-7-3-1-5-9(11)10-6-2-4-8-12(10)16/h1-8,16H,(H3,14,15,17). The van der Waals surface area contributed by atoms with Crippen LogP contribution in [0.25, 0.3) is 11.1 Å². The van der Waals surface area contributed by atoms with E-state index in [2.05, 4.69) is 5.32 Å². The average molecular weight is 228 g/mol. The van der Waals surface area contributed by atoms with Crippen LogP contribution in [0, 0.1) is 0 Å². The molecule has 4 heteroatoms. The summed E-state index contributed by atoms with van der Waals surface area (Å²) in [4.78, 5) is 10.9. The minimum atomic E-state index is -0.632. The summed E-state index contributed by atoms with van der Waals surface area (Å²) >= 11 is 0. The van der Waals surface area contributed by atoms with Gasteiger partial charge in [0.2, 0.25) is 0 Å². The number of anilines is 1. The van der Waals surface area contributed by atoms with Gasteiger partial charge in [-0.2, -0.15) is 0 Å². The smallest absolute Gasteiger partial charge is 0.316 e. The number of phenolic OH excluding ortho intramolecular Hbond substituents is 1. The molecule has 4 nitrogen and oxygen atoms in total. The normalized spacial score (nSPS) is 9.88. The first kappa shape index (κ1) is 11.0. The summed E-state index contributed by atoms with van der Waals surface area (Å²) in [5, 5.41) is 12.3. The molecule has 86 valence electrons. The minimum Gasteiger partial charge on any atom is -0.507 e. The molecule has 0 saturated carbocycles. The number of hydrogen-bond donors (Lipinski definition) is 3. The number of nitrogens with one attached hydrogen (secondary N) is 1. The van der Waals surface area contributed by atoms with Crippen molar-refractivity contribution in [3.8, 4) is 16.9 Å². The molecule has 0 radical (unpaired) electrons. The molecule has 0 saturated heterocycles. The Hall–Kier alpha value is -2.49. The van der Waals surface area contributed by atoms with Gasteiger partial charge < -0.3 is 16.2 Å². The number of aromatic hydroxyl groups is 1. The predicted octanol–water partition coefficient (Wildman–Crippen LogP) is 2.55. The van der Waals surface area contributed by atoms with Crippen molar-refractivity contribution in [3.05, 3.63) is 48.5 Å². The number of amides is 2. The Morgan fingerprint density at radius 1 is 1.00 bits per heavy atom. The second kappa shape index (κ2) is 4.57. The van der Waals surface area contributed by atoms with Gasteiger partial charge in [-0.05, 0) is 12.1 Å². The fourth-order valence-corrected chi connectivity index (χ4v) is 1.66. The van der Waals surface area contributed by atoms with E-state index in [1.54, 1.807) is 36.4 Å². The second-order valence-electron chi connectivity index (χ2n) is 3.55. The van der Waals surface area contributed by atoms with Crippen molar-refractivity contribution in [2.45, 2.75) is 0 Å². The van der Waals surface area contributed by atoms with Crippen LogP contribution in [0.15, 0.2) is 48.5 Å². The molecule has 2 rings (SSSR count). The van der Waals surface area contributed by atoms with Gasteiger partial charge in [-0.25, -0.2) is 4.79 Å². The fraction of sp³-hybridized carbons (Fsp3) is 0. The molecular formula is C13H12N2O2. The Kier molecular flexibility index (Phi) is 2.96. The lowest BCUT2D eigenvalue weighted by Gasteiger charge is -2.10. The summed E-state index contributed by atoms with van der Waals surface area (Å²) in [6.45, 7) is 0. The van der Waals surface area contributed by atoms with E-state index in [4.69, 9.17) is 5.73 Å². The number of urea groups is 1. The predicted molar refractivity (Wildman–Crippen MR) is 66.7 cm³/mol. The van der Waals surface area contributed by atoms with Crippen LogP contribution in [0.5, 0.6) is 5.75 Å². The van der Waals surface area contributed by atoms with E-state index in [-0.39, 0.29) is 5.75 Å². The molecule has 0 atom stereocenters. The van der Waals surface area contributed by atoms with Gasteiger partial charge in [0.25, 0.3) is 0 Å². The lowest BCUT2D eigenvalue weighted by atomic mass is 10.0. The molecule has 0 aliphatic rings. The van der Waals surface area contributed by atoms with Crippen LogP contribution in [0.1, 0.15) is 0 Å². The molecule has 0 aliphatic carbocycles. The largest absolute Gasteiger partial charge is 0.507 e. The second-order valence-corrected chi connectivity index (χ2v) is 3.55. The van der Waals surface area contributed by atoms with Gasteiger partial charge in [0.1, 0.15) is 5.75 Å². The van der Waals surface area contributed by atoms with Crippen molar-refractivity contribution in [3.63, 3.8) is 0 Å². The van der Waals surface area contributed by atoms with Crippen molar-refractivity contribution < 1.29 is 9.90 Å². The van der Waals surface area contributed by atoms with E-state index in [0.717, 1.165) is 5.56 Å². The van der Waals surface area contributed by atoms with Gasteiger partial charge in [-0.1, -0.05) is 36.4 Å². The summed E-state index contributed by atoms with van der Waals surface area (Å²) in [5.41, 5.74) is 7.04. The topological polar surface area (TPSA) is 75.4 Å². The number of nitrogens with two attached hydrogens (primary N) is 1. The van der Waals surface area contributed by atoms with Gasteiger partial charge >= 0.3 is 6.03 Å². The molecule has 0 heterocycles. The zero-order valence-electron chi connectivity index (χ0n) is 9.05. The highest BCUT2D eigenvalue weighted by atomic mass is 16.3. The minimum absolute atomic E-state index is 0.159. The van der Waals surface area contributed by atoms with Crippen molar-refractivity contribution >= 4 is 11.7 Å². The molecule has 4 N–H and O–H groups in total. The third-order valence-corrected chi connectivity index (χ3v) is 2.38. The molecule has 0 aromatic heterocycles. The number of carbonyl (C=O) groups is 1. The van der Waals surface area contributed by atoms with E-state index in [0.29, 0.717) is 11.3 Å². The van der Waals surface area contributed by atoms with E-state index < -0.39 is 6.03 Å². The number of para-hydroxylation sites is 2. The van der Waals surface area contributed by atoms with Crippen molar-refractivity contribution in [1.82, 2.24) is 0 Å². The average Bonchev–Trinajstić information content (AvgIpc) is 2.30. The first-order valence-electron chi connectivity index (χ1n) is 5.12. The van der Waals surface area contributed by atoms with E-state index >= 15 is 0 Å². The first-order chi connectivity index (χ1) is 8.18. The summed E-state index contributed by atoms with van der Waals surface area (Å²) in [6, 6.07) is 13.4. The van der Waals surface area contributed by atoms with Gasteiger partial charge in [0, 0.05) is 11.1 Å². The molecule has 17 heavy (non-hydrogen) atoms. The van der Waals surface area contributed by atoms with Gasteiger partial charge in [0.15, 0.2) is 0 Å². The number of benzene rings is 2. The maximum atomic E-state index is 10.9. The molecule has 2 aromatic carbocycles. The molecule has 0 unspecified atom stereocenters.